The molecule has 9 heteroatoms. The highest BCUT2D eigenvalue weighted by Gasteiger charge is 2.17. The quantitative estimate of drug-likeness (QED) is 0.574. The van der Waals surface area contributed by atoms with Crippen molar-refractivity contribution in [2.45, 2.75) is 12.5 Å². The molecule has 0 bridgehead atoms. The lowest BCUT2D eigenvalue weighted by Gasteiger charge is -2.06. The summed E-state index contributed by atoms with van der Waals surface area (Å²) in [4.78, 5) is 21.4. The van der Waals surface area contributed by atoms with E-state index >= 15 is 0 Å². The van der Waals surface area contributed by atoms with Gasteiger partial charge in [-0.2, -0.15) is 0 Å². The largest absolute Gasteiger partial charge is 0.481 e. The van der Waals surface area contributed by atoms with E-state index in [-0.39, 0.29) is 5.48 Å². The van der Waals surface area contributed by atoms with Crippen molar-refractivity contribution in [1.29, 1.82) is 0 Å². The number of nitrogens with one attached hydrogen (secondary N) is 1. The fourth-order valence-corrected chi connectivity index (χ4v) is 1.15. The molecular formula is C6H10N4O4S. The van der Waals surface area contributed by atoms with E-state index < -0.39 is 24.3 Å². The first-order valence-corrected chi connectivity index (χ1v) is 4.52. The van der Waals surface area contributed by atoms with Gasteiger partial charge in [-0.25, -0.2) is 0 Å². The third-order valence-electron chi connectivity index (χ3n) is 1.32. The average molecular weight is 234 g/mol. The van der Waals surface area contributed by atoms with E-state index in [0.717, 1.165) is 11.3 Å². The molecule has 0 unspecified atom stereocenters. The summed E-state index contributed by atoms with van der Waals surface area (Å²) in [5.41, 5.74) is 6.74. The zero-order valence-corrected chi connectivity index (χ0v) is 8.32. The topological polar surface area (TPSA) is 150 Å². The van der Waals surface area contributed by atoms with E-state index in [4.69, 9.17) is 10.8 Å². The van der Waals surface area contributed by atoms with Crippen LogP contribution >= 0.6 is 11.3 Å². The van der Waals surface area contributed by atoms with Gasteiger partial charge in [-0.1, -0.05) is 11.3 Å². The normalized spacial score (nSPS) is 11.3. The Morgan fingerprint density at radius 2 is 2.33 bits per heavy atom. The highest BCUT2D eigenvalue weighted by atomic mass is 32.1. The Hall–Kier alpha value is -1.58. The molecule has 0 spiro atoms. The van der Waals surface area contributed by atoms with E-state index in [1.54, 1.807) is 0 Å². The highest BCUT2D eigenvalue weighted by molar-refractivity contribution is 7.13. The molecule has 84 valence electrons. The smallest absolute Gasteiger partial charge is 0.305 e. The summed E-state index contributed by atoms with van der Waals surface area (Å²) in [5.74, 6) is -1.70. The van der Waals surface area contributed by atoms with Crippen molar-refractivity contribution in [2.75, 3.05) is 5.32 Å². The second-order valence-electron chi connectivity index (χ2n) is 2.44. The van der Waals surface area contributed by atoms with Crippen LogP contribution in [0.5, 0.6) is 0 Å². The number of carboxylic acids is 1. The lowest BCUT2D eigenvalue weighted by Crippen LogP contribution is -2.37. The third kappa shape index (κ3) is 4.44. The molecule has 0 fully saturated rings. The molecule has 1 atom stereocenters. The maximum atomic E-state index is 11.2. The number of carbonyl (C=O) groups excluding carboxylic acids is 1. The zero-order valence-electron chi connectivity index (χ0n) is 7.51. The lowest BCUT2D eigenvalue weighted by molar-refractivity contribution is -0.138. The van der Waals surface area contributed by atoms with Crippen LogP contribution in [0.15, 0.2) is 5.51 Å². The number of nitrogens with two attached hydrogens (primary N) is 1. The highest BCUT2D eigenvalue weighted by Crippen LogP contribution is 2.08. The molecule has 0 aliphatic heterocycles. The summed E-state index contributed by atoms with van der Waals surface area (Å²) < 4.78 is 0. The molecule has 8 nitrogen and oxygen atoms in total. The first kappa shape index (κ1) is 13.4. The minimum atomic E-state index is -1.12. The zero-order chi connectivity index (χ0) is 10.6. The number of rotatable bonds is 4. The van der Waals surface area contributed by atoms with Gasteiger partial charge < -0.3 is 16.3 Å². The van der Waals surface area contributed by atoms with Crippen LogP contribution in [-0.2, 0) is 9.59 Å². The van der Waals surface area contributed by atoms with Gasteiger partial charge in [-0.05, 0) is 0 Å². The number of hydrogen-bond donors (Lipinski definition) is 3. The molecule has 0 radical (unpaired) electrons. The van der Waals surface area contributed by atoms with Gasteiger partial charge in [-0.15, -0.1) is 10.2 Å². The van der Waals surface area contributed by atoms with Crippen molar-refractivity contribution in [3.05, 3.63) is 5.51 Å². The summed E-state index contributed by atoms with van der Waals surface area (Å²) in [6.07, 6.45) is -0.412. The number of aliphatic carboxylic acids is 1. The van der Waals surface area contributed by atoms with Crippen LogP contribution < -0.4 is 11.1 Å². The van der Waals surface area contributed by atoms with Gasteiger partial charge in [0.15, 0.2) is 0 Å². The van der Waals surface area contributed by atoms with Crippen molar-refractivity contribution in [2.24, 2.45) is 5.73 Å². The predicted molar refractivity (Wildman–Crippen MR) is 52.4 cm³/mol. The van der Waals surface area contributed by atoms with Gasteiger partial charge in [0.1, 0.15) is 5.51 Å². The number of amides is 1. The standard InChI is InChI=1S/C6H8N4O3S.H2O/c7-3(1-4(11)12)5(13)9-6-10-8-2-14-6;/h2-3H,1,7H2,(H,11,12)(H,9,10,13);1H2/t3-;/m1./s1. The second kappa shape index (κ2) is 6.01. The minimum Gasteiger partial charge on any atom is -0.481 e. The van der Waals surface area contributed by atoms with Crippen molar-refractivity contribution in [3.8, 4) is 0 Å². The van der Waals surface area contributed by atoms with E-state index in [0.29, 0.717) is 5.13 Å². The molecule has 0 aromatic carbocycles. The number of carbonyl (C=O) groups is 2. The summed E-state index contributed by atoms with van der Waals surface area (Å²) in [6.45, 7) is 0. The molecule has 0 aliphatic rings. The molecule has 0 saturated heterocycles. The van der Waals surface area contributed by atoms with Crippen LogP contribution in [0.25, 0.3) is 0 Å². The van der Waals surface area contributed by atoms with Crippen LogP contribution in [-0.4, -0.2) is 38.7 Å². The van der Waals surface area contributed by atoms with E-state index in [2.05, 4.69) is 15.5 Å². The third-order valence-corrected chi connectivity index (χ3v) is 1.93. The number of aromatic nitrogens is 2. The number of anilines is 1. The van der Waals surface area contributed by atoms with Crippen LogP contribution in [0.4, 0.5) is 5.13 Å². The van der Waals surface area contributed by atoms with Crippen molar-refractivity contribution < 1.29 is 20.2 Å². The van der Waals surface area contributed by atoms with Crippen LogP contribution in [0.2, 0.25) is 0 Å². The number of nitrogens with zero attached hydrogens (tertiary/aromatic N) is 2. The summed E-state index contributed by atoms with van der Waals surface area (Å²) in [6, 6.07) is -1.07. The fourth-order valence-electron chi connectivity index (χ4n) is 0.706. The summed E-state index contributed by atoms with van der Waals surface area (Å²) in [7, 11) is 0. The fraction of sp³-hybridized carbons (Fsp3) is 0.333. The molecule has 0 saturated carbocycles. The molecule has 1 rings (SSSR count). The Labute approximate surface area is 88.4 Å². The SMILES string of the molecule is N[C@H](CC(=O)O)C(=O)Nc1nncs1.O. The van der Waals surface area contributed by atoms with Gasteiger partial charge in [0.05, 0.1) is 12.5 Å². The van der Waals surface area contributed by atoms with Crippen LogP contribution in [0.1, 0.15) is 6.42 Å². The first-order chi connectivity index (χ1) is 6.59. The van der Waals surface area contributed by atoms with Crippen molar-refractivity contribution in [3.63, 3.8) is 0 Å². The average Bonchev–Trinajstić information content (AvgIpc) is 2.55. The van der Waals surface area contributed by atoms with E-state index in [1.165, 1.54) is 5.51 Å². The molecule has 6 N–H and O–H groups in total. The number of hydrogen-bond acceptors (Lipinski definition) is 6. The van der Waals surface area contributed by atoms with Gasteiger partial charge in [0, 0.05) is 0 Å². The maximum Gasteiger partial charge on any atom is 0.305 e. The van der Waals surface area contributed by atoms with Gasteiger partial charge >= 0.3 is 5.97 Å². The predicted octanol–water partition coefficient (Wildman–Crippen LogP) is -1.55. The monoisotopic (exact) mass is 234 g/mol. The Kier molecular flexibility index (Phi) is 5.37. The molecule has 0 aliphatic carbocycles. The molecular weight excluding hydrogens is 224 g/mol. The van der Waals surface area contributed by atoms with Crippen molar-refractivity contribution >= 4 is 28.3 Å². The Balaban J connectivity index is 0.00000196. The van der Waals surface area contributed by atoms with E-state index in [1.807, 2.05) is 0 Å². The van der Waals surface area contributed by atoms with Crippen LogP contribution in [0, 0.1) is 0 Å². The summed E-state index contributed by atoms with van der Waals surface area (Å²) in [5, 5.41) is 18.1. The summed E-state index contributed by atoms with van der Waals surface area (Å²) >= 11 is 1.13. The van der Waals surface area contributed by atoms with Crippen LogP contribution in [0.3, 0.4) is 0 Å². The first-order valence-electron chi connectivity index (χ1n) is 3.64. The second-order valence-corrected chi connectivity index (χ2v) is 3.27. The van der Waals surface area contributed by atoms with Gasteiger partial charge in [0.2, 0.25) is 11.0 Å². The Bertz CT molecular complexity index is 328. The van der Waals surface area contributed by atoms with E-state index in [9.17, 15) is 9.59 Å². The minimum absolute atomic E-state index is 0. The number of carboxylic acid groups (broad SMARTS) is 1. The van der Waals surface area contributed by atoms with Gasteiger partial charge in [-0.3, -0.25) is 14.9 Å². The van der Waals surface area contributed by atoms with Crippen molar-refractivity contribution in [1.82, 2.24) is 10.2 Å². The lowest BCUT2D eigenvalue weighted by atomic mass is 10.2. The Morgan fingerprint density at radius 1 is 1.67 bits per heavy atom. The molecule has 15 heavy (non-hydrogen) atoms. The Morgan fingerprint density at radius 3 is 2.80 bits per heavy atom. The van der Waals surface area contributed by atoms with Gasteiger partial charge in [0.25, 0.3) is 0 Å². The molecule has 1 aromatic heterocycles. The molecule has 1 amide bonds. The molecule has 1 aromatic rings. The molecule has 1 heterocycles. The maximum absolute atomic E-state index is 11.2.